The van der Waals surface area contributed by atoms with E-state index >= 15 is 0 Å². The van der Waals surface area contributed by atoms with E-state index in [2.05, 4.69) is 15.8 Å². The highest BCUT2D eigenvalue weighted by atomic mass is 16.6. The zero-order valence-corrected chi connectivity index (χ0v) is 19.0. The Bertz CT molecular complexity index is 1290. The fourth-order valence-electron chi connectivity index (χ4n) is 2.97. The number of anilines is 1. The fraction of sp³-hybridized carbons (Fsp3) is 0.0800. The highest BCUT2D eigenvalue weighted by Crippen LogP contribution is 2.25. The summed E-state index contributed by atoms with van der Waals surface area (Å²) in [5, 5.41) is 27.0. The first-order chi connectivity index (χ1) is 16.7. The number of nitrogens with zero attached hydrogens (tertiary/aromatic N) is 3. The van der Waals surface area contributed by atoms with E-state index in [1.54, 1.807) is 42.5 Å². The van der Waals surface area contributed by atoms with Crippen molar-refractivity contribution in [1.82, 2.24) is 10.7 Å². The van der Waals surface area contributed by atoms with Gasteiger partial charge in [-0.2, -0.15) is 5.10 Å². The van der Waals surface area contributed by atoms with E-state index in [4.69, 9.17) is 0 Å². The Kier molecular flexibility index (Phi) is 7.91. The fourth-order valence-corrected chi connectivity index (χ4v) is 2.97. The van der Waals surface area contributed by atoms with Gasteiger partial charge in [0.05, 0.1) is 11.1 Å². The molecule has 0 bridgehead atoms. The van der Waals surface area contributed by atoms with Gasteiger partial charge in [-0.1, -0.05) is 30.3 Å². The summed E-state index contributed by atoms with van der Waals surface area (Å²) in [6.45, 7) is 0. The maximum absolute atomic E-state index is 12.8. The number of hydrazone groups is 1. The molecule has 0 fully saturated rings. The van der Waals surface area contributed by atoms with E-state index in [0.29, 0.717) is 11.1 Å². The van der Waals surface area contributed by atoms with E-state index in [1.807, 2.05) is 31.1 Å². The molecule has 0 aliphatic carbocycles. The highest BCUT2D eigenvalue weighted by Gasteiger charge is 2.15. The minimum absolute atomic E-state index is 0.0507. The first-order valence-electron chi connectivity index (χ1n) is 10.4. The van der Waals surface area contributed by atoms with Gasteiger partial charge in [-0.25, -0.2) is 5.43 Å². The van der Waals surface area contributed by atoms with Crippen LogP contribution in [0.15, 0.2) is 83.6 Å². The molecular weight excluding hydrogens is 450 g/mol. The molecule has 0 saturated carbocycles. The standard InChI is InChI=1S/C25H23N5O5/c1-29(2)20-11-8-17(9-12-20)14-21(27-24(32)19-6-4-3-5-7-19)25(33)28-26-16-18-10-13-23(31)22(15-18)30(34)35/h3-16,31H,1-2H3,(H,27,32)(H,28,33)/b21-14-,26-16-. The zero-order chi connectivity index (χ0) is 25.4. The summed E-state index contributed by atoms with van der Waals surface area (Å²) in [5.41, 5.74) is 4.06. The molecule has 178 valence electrons. The number of carbonyl (C=O) groups excluding carboxylic acids is 2. The maximum atomic E-state index is 12.8. The van der Waals surface area contributed by atoms with Gasteiger partial charge in [0.2, 0.25) is 0 Å². The summed E-state index contributed by atoms with van der Waals surface area (Å²) >= 11 is 0. The molecule has 3 aromatic rings. The Hall–Kier alpha value is -4.99. The predicted octanol–water partition coefficient (Wildman–Crippen LogP) is 3.29. The SMILES string of the molecule is CN(C)c1ccc(/C=C(\NC(=O)c2ccccc2)C(=O)N/N=C\c2ccc(O)c([N+](=O)[O-])c2)cc1. The van der Waals surface area contributed by atoms with Crippen LogP contribution in [-0.2, 0) is 4.79 Å². The molecule has 3 rings (SSSR count). The molecule has 0 atom stereocenters. The van der Waals surface area contributed by atoms with Crippen LogP contribution >= 0.6 is 0 Å². The molecule has 3 aromatic carbocycles. The molecule has 0 aliphatic heterocycles. The van der Waals surface area contributed by atoms with Gasteiger partial charge < -0.3 is 15.3 Å². The van der Waals surface area contributed by atoms with Gasteiger partial charge in [0.1, 0.15) is 5.70 Å². The van der Waals surface area contributed by atoms with Gasteiger partial charge in [-0.3, -0.25) is 19.7 Å². The summed E-state index contributed by atoms with van der Waals surface area (Å²) in [6.07, 6.45) is 2.70. The van der Waals surface area contributed by atoms with Gasteiger partial charge in [-0.05, 0) is 48.0 Å². The number of aromatic hydroxyl groups is 1. The third-order valence-corrected chi connectivity index (χ3v) is 4.83. The van der Waals surface area contributed by atoms with Gasteiger partial charge >= 0.3 is 5.69 Å². The molecule has 0 radical (unpaired) electrons. The first-order valence-corrected chi connectivity index (χ1v) is 10.4. The molecule has 0 unspecified atom stereocenters. The number of nitrogens with one attached hydrogen (secondary N) is 2. The highest BCUT2D eigenvalue weighted by molar-refractivity contribution is 6.05. The average Bonchev–Trinajstić information content (AvgIpc) is 2.85. The van der Waals surface area contributed by atoms with Crippen molar-refractivity contribution < 1.29 is 19.6 Å². The third-order valence-electron chi connectivity index (χ3n) is 4.83. The molecule has 0 aromatic heterocycles. The Balaban J connectivity index is 1.82. The number of rotatable bonds is 8. The smallest absolute Gasteiger partial charge is 0.311 e. The lowest BCUT2D eigenvalue weighted by Crippen LogP contribution is -2.32. The number of phenolic OH excluding ortho intramolecular Hbond substituents is 1. The lowest BCUT2D eigenvalue weighted by atomic mass is 10.1. The van der Waals surface area contributed by atoms with E-state index in [-0.39, 0.29) is 11.3 Å². The second-order valence-corrected chi connectivity index (χ2v) is 7.57. The number of phenols is 1. The minimum Gasteiger partial charge on any atom is -0.502 e. The second-order valence-electron chi connectivity index (χ2n) is 7.57. The van der Waals surface area contributed by atoms with Crippen molar-refractivity contribution in [2.45, 2.75) is 0 Å². The number of nitro benzene ring substituents is 1. The largest absolute Gasteiger partial charge is 0.502 e. The number of hydrogen-bond donors (Lipinski definition) is 3. The van der Waals surface area contributed by atoms with Crippen LogP contribution in [0.3, 0.4) is 0 Å². The number of amides is 2. The molecule has 0 saturated heterocycles. The topological polar surface area (TPSA) is 137 Å². The monoisotopic (exact) mass is 473 g/mol. The van der Waals surface area contributed by atoms with Gasteiger partial charge in [0.25, 0.3) is 11.8 Å². The lowest BCUT2D eigenvalue weighted by molar-refractivity contribution is -0.385. The number of benzene rings is 3. The van der Waals surface area contributed by atoms with Crippen LogP contribution in [0.25, 0.3) is 6.08 Å². The summed E-state index contributed by atoms with van der Waals surface area (Å²) < 4.78 is 0. The second kappa shape index (κ2) is 11.2. The van der Waals surface area contributed by atoms with Crippen molar-refractivity contribution in [2.75, 3.05) is 19.0 Å². The lowest BCUT2D eigenvalue weighted by Gasteiger charge is -2.12. The molecule has 10 nitrogen and oxygen atoms in total. The zero-order valence-electron chi connectivity index (χ0n) is 19.0. The van der Waals surface area contributed by atoms with Gasteiger partial charge in [-0.15, -0.1) is 0 Å². The Morgan fingerprint density at radius 3 is 2.29 bits per heavy atom. The quantitative estimate of drug-likeness (QED) is 0.199. The van der Waals surface area contributed by atoms with Crippen molar-refractivity contribution in [3.63, 3.8) is 0 Å². The van der Waals surface area contributed by atoms with Gasteiger partial charge in [0.15, 0.2) is 5.75 Å². The van der Waals surface area contributed by atoms with Crippen molar-refractivity contribution >= 4 is 35.5 Å². The number of carbonyl (C=O) groups is 2. The van der Waals surface area contributed by atoms with Crippen LogP contribution in [0.1, 0.15) is 21.5 Å². The first kappa shape index (κ1) is 24.6. The molecule has 35 heavy (non-hydrogen) atoms. The van der Waals surface area contributed by atoms with E-state index in [0.717, 1.165) is 17.8 Å². The number of nitro groups is 1. The normalized spacial score (nSPS) is 11.2. The molecule has 10 heteroatoms. The molecule has 2 amide bonds. The van der Waals surface area contributed by atoms with Crippen LogP contribution < -0.4 is 15.6 Å². The van der Waals surface area contributed by atoms with Crippen molar-refractivity contribution in [1.29, 1.82) is 0 Å². The summed E-state index contributed by atoms with van der Waals surface area (Å²) in [7, 11) is 3.81. The summed E-state index contributed by atoms with van der Waals surface area (Å²) in [6, 6.07) is 19.4. The maximum Gasteiger partial charge on any atom is 0.311 e. The Morgan fingerprint density at radius 1 is 1.00 bits per heavy atom. The molecular formula is C25H23N5O5. The minimum atomic E-state index is -0.729. The molecule has 3 N–H and O–H groups in total. The average molecular weight is 473 g/mol. The molecule has 0 heterocycles. The van der Waals surface area contributed by atoms with Crippen LogP contribution in [0, 0.1) is 10.1 Å². The molecule has 0 spiro atoms. The van der Waals surface area contributed by atoms with Crippen LogP contribution in [0.5, 0.6) is 5.75 Å². The number of hydrogen-bond acceptors (Lipinski definition) is 7. The van der Waals surface area contributed by atoms with Crippen LogP contribution in [0.4, 0.5) is 11.4 Å². The van der Waals surface area contributed by atoms with E-state index < -0.39 is 28.2 Å². The Labute approximate surface area is 201 Å². The predicted molar refractivity (Wildman–Crippen MR) is 133 cm³/mol. The summed E-state index contributed by atoms with van der Waals surface area (Å²) in [5.74, 6) is -1.66. The van der Waals surface area contributed by atoms with Crippen LogP contribution in [0.2, 0.25) is 0 Å². The van der Waals surface area contributed by atoms with E-state index in [9.17, 15) is 24.8 Å². The van der Waals surface area contributed by atoms with Crippen LogP contribution in [-0.4, -0.2) is 42.2 Å². The Morgan fingerprint density at radius 2 is 1.66 bits per heavy atom. The van der Waals surface area contributed by atoms with E-state index in [1.165, 1.54) is 18.4 Å². The van der Waals surface area contributed by atoms with Gasteiger partial charge in [0, 0.05) is 37.0 Å². The summed E-state index contributed by atoms with van der Waals surface area (Å²) in [4.78, 5) is 37.7. The van der Waals surface area contributed by atoms with Crippen molar-refractivity contribution in [2.24, 2.45) is 5.10 Å². The third kappa shape index (κ3) is 6.75. The molecule has 0 aliphatic rings. The van der Waals surface area contributed by atoms with Crippen molar-refractivity contribution in [3.05, 3.63) is 105 Å². The van der Waals surface area contributed by atoms with Crippen molar-refractivity contribution in [3.8, 4) is 5.75 Å².